The van der Waals surface area contributed by atoms with Gasteiger partial charge in [0.1, 0.15) is 12.1 Å². The summed E-state index contributed by atoms with van der Waals surface area (Å²) in [6.45, 7) is 0. The average molecular weight is 340 g/mol. The number of amides is 5. The van der Waals surface area contributed by atoms with Crippen molar-refractivity contribution in [2.24, 2.45) is 0 Å². The number of hydrogen-bond donors (Lipinski definition) is 3. The molecule has 0 saturated carbocycles. The van der Waals surface area contributed by atoms with E-state index in [1.807, 2.05) is 30.3 Å². The summed E-state index contributed by atoms with van der Waals surface area (Å²) in [6.07, 6.45) is 0.576. The first-order chi connectivity index (χ1) is 12.0. The summed E-state index contributed by atoms with van der Waals surface area (Å²) in [4.78, 5) is 52.2. The normalized spacial score (nSPS) is 23.9. The van der Waals surface area contributed by atoms with Crippen molar-refractivity contribution >= 4 is 34.7 Å². The number of nitrogens with zero attached hydrogens (tertiary/aromatic N) is 1. The molecule has 4 rings (SSSR count). The number of para-hydroxylation sites is 1. The van der Waals surface area contributed by atoms with Crippen LogP contribution in [0.25, 0.3) is 10.9 Å². The Morgan fingerprint density at radius 2 is 1.92 bits per heavy atom. The van der Waals surface area contributed by atoms with Crippen LogP contribution >= 0.6 is 0 Å². The summed E-state index contributed by atoms with van der Waals surface area (Å²) >= 11 is 0. The highest BCUT2D eigenvalue weighted by molar-refractivity contribution is 6.10. The molecule has 25 heavy (non-hydrogen) atoms. The van der Waals surface area contributed by atoms with Gasteiger partial charge in [0.15, 0.2) is 0 Å². The van der Waals surface area contributed by atoms with Gasteiger partial charge in [-0.1, -0.05) is 18.2 Å². The molecule has 1 aromatic heterocycles. The summed E-state index contributed by atoms with van der Waals surface area (Å²) < 4.78 is 0. The Bertz CT molecular complexity index is 870. The van der Waals surface area contributed by atoms with E-state index in [4.69, 9.17) is 0 Å². The van der Waals surface area contributed by atoms with Crippen LogP contribution in [-0.2, 0) is 20.8 Å². The fourth-order valence-electron chi connectivity index (χ4n) is 3.37. The lowest BCUT2D eigenvalue weighted by Crippen LogP contribution is -2.54. The van der Waals surface area contributed by atoms with Gasteiger partial charge in [-0.25, -0.2) is 9.69 Å². The van der Waals surface area contributed by atoms with Crippen molar-refractivity contribution in [3.63, 3.8) is 0 Å². The number of carbonyl (C=O) groups excluding carboxylic acids is 4. The zero-order chi connectivity index (χ0) is 17.6. The zero-order valence-electron chi connectivity index (χ0n) is 13.2. The van der Waals surface area contributed by atoms with E-state index in [1.165, 1.54) is 0 Å². The minimum Gasteiger partial charge on any atom is -0.358 e. The van der Waals surface area contributed by atoms with E-state index < -0.39 is 29.9 Å². The number of H-pyrrole nitrogens is 1. The largest absolute Gasteiger partial charge is 0.358 e. The molecular weight excluding hydrogens is 324 g/mol. The predicted octanol–water partition coefficient (Wildman–Crippen LogP) is 0.436. The third kappa shape index (κ3) is 2.65. The number of nitrogens with one attached hydrogen (secondary N) is 3. The predicted molar refractivity (Wildman–Crippen MR) is 87.3 cm³/mol. The standard InChI is InChI=1S/C17H16N4O4/c22-14-6-5-13(15(23)20-14)21-16(24)12(19-17(21)25)8-10-7-9-3-1-2-4-11(9)18-10/h1-4,7,12-13,18H,5-6,8H2,(H,19,25)(H,20,22,23)/t12-,13-/m0/s1. The number of aromatic amines is 1. The number of imide groups is 2. The number of urea groups is 1. The molecule has 2 atom stereocenters. The maximum absolute atomic E-state index is 12.6. The summed E-state index contributed by atoms with van der Waals surface area (Å²) in [5, 5.41) is 5.82. The molecule has 2 aliphatic heterocycles. The zero-order valence-corrected chi connectivity index (χ0v) is 13.2. The molecule has 0 aliphatic carbocycles. The van der Waals surface area contributed by atoms with E-state index in [0.29, 0.717) is 6.42 Å². The Kier molecular flexibility index (Phi) is 3.52. The first kappa shape index (κ1) is 15.4. The number of rotatable bonds is 3. The quantitative estimate of drug-likeness (QED) is 0.556. The molecule has 0 radical (unpaired) electrons. The number of benzene rings is 1. The lowest BCUT2D eigenvalue weighted by Gasteiger charge is -2.27. The highest BCUT2D eigenvalue weighted by Crippen LogP contribution is 2.21. The van der Waals surface area contributed by atoms with Gasteiger partial charge in [-0.15, -0.1) is 0 Å². The Hall–Kier alpha value is -3.16. The molecule has 2 aromatic rings. The highest BCUT2D eigenvalue weighted by Gasteiger charge is 2.46. The molecule has 1 aromatic carbocycles. The van der Waals surface area contributed by atoms with Gasteiger partial charge in [0.05, 0.1) is 0 Å². The van der Waals surface area contributed by atoms with Gasteiger partial charge in [0, 0.05) is 24.1 Å². The molecule has 2 aliphatic rings. The molecule has 0 bridgehead atoms. The topological polar surface area (TPSA) is 111 Å². The van der Waals surface area contributed by atoms with Crippen LogP contribution in [0.5, 0.6) is 0 Å². The van der Waals surface area contributed by atoms with Crippen LogP contribution in [0.1, 0.15) is 18.5 Å². The van der Waals surface area contributed by atoms with Crippen molar-refractivity contribution in [3.05, 3.63) is 36.0 Å². The highest BCUT2D eigenvalue weighted by atomic mass is 16.2. The minimum atomic E-state index is -0.932. The maximum Gasteiger partial charge on any atom is 0.325 e. The van der Waals surface area contributed by atoms with Crippen molar-refractivity contribution in [1.29, 1.82) is 0 Å². The van der Waals surface area contributed by atoms with Crippen LogP contribution in [-0.4, -0.2) is 45.7 Å². The van der Waals surface area contributed by atoms with Crippen LogP contribution in [0.4, 0.5) is 4.79 Å². The summed E-state index contributed by atoms with van der Waals surface area (Å²) in [7, 11) is 0. The van der Waals surface area contributed by atoms with E-state index in [1.54, 1.807) is 0 Å². The van der Waals surface area contributed by atoms with Gasteiger partial charge in [0.2, 0.25) is 11.8 Å². The second kappa shape index (κ2) is 5.73. The fraction of sp³-hybridized carbons (Fsp3) is 0.294. The third-order valence-electron chi connectivity index (χ3n) is 4.58. The molecular formula is C17H16N4O4. The Balaban J connectivity index is 1.52. The van der Waals surface area contributed by atoms with E-state index >= 15 is 0 Å². The molecule has 2 saturated heterocycles. The summed E-state index contributed by atoms with van der Waals surface area (Å²) in [6, 6.07) is 7.40. The first-order valence-corrected chi connectivity index (χ1v) is 8.07. The van der Waals surface area contributed by atoms with Gasteiger partial charge >= 0.3 is 6.03 Å². The number of fused-ring (bicyclic) bond motifs is 1. The maximum atomic E-state index is 12.6. The second-order valence-corrected chi connectivity index (χ2v) is 6.26. The molecule has 0 spiro atoms. The molecule has 128 valence electrons. The van der Waals surface area contributed by atoms with Gasteiger partial charge in [-0.05, 0) is 23.9 Å². The molecule has 0 unspecified atom stereocenters. The van der Waals surface area contributed by atoms with Gasteiger partial charge < -0.3 is 10.3 Å². The van der Waals surface area contributed by atoms with Gasteiger partial charge in [-0.2, -0.15) is 0 Å². The lowest BCUT2D eigenvalue weighted by atomic mass is 10.0. The smallest absolute Gasteiger partial charge is 0.325 e. The van der Waals surface area contributed by atoms with Crippen LogP contribution in [0, 0.1) is 0 Å². The molecule has 3 N–H and O–H groups in total. The molecule has 8 nitrogen and oxygen atoms in total. The monoisotopic (exact) mass is 340 g/mol. The number of piperidine rings is 1. The summed E-state index contributed by atoms with van der Waals surface area (Å²) in [5.74, 6) is -1.44. The number of carbonyl (C=O) groups is 4. The van der Waals surface area contributed by atoms with Crippen molar-refractivity contribution in [2.45, 2.75) is 31.3 Å². The minimum absolute atomic E-state index is 0.111. The Labute approximate surface area is 142 Å². The molecule has 2 fully saturated rings. The van der Waals surface area contributed by atoms with E-state index in [9.17, 15) is 19.2 Å². The van der Waals surface area contributed by atoms with Crippen molar-refractivity contribution in [1.82, 2.24) is 20.5 Å². The van der Waals surface area contributed by atoms with Crippen molar-refractivity contribution < 1.29 is 19.2 Å². The first-order valence-electron chi connectivity index (χ1n) is 8.07. The average Bonchev–Trinajstić information content (AvgIpc) is 3.09. The molecule has 8 heteroatoms. The fourth-order valence-corrected chi connectivity index (χ4v) is 3.37. The van der Waals surface area contributed by atoms with E-state index in [-0.39, 0.29) is 18.7 Å². The Morgan fingerprint density at radius 3 is 2.68 bits per heavy atom. The van der Waals surface area contributed by atoms with E-state index in [2.05, 4.69) is 15.6 Å². The number of aromatic nitrogens is 1. The van der Waals surface area contributed by atoms with Crippen LogP contribution < -0.4 is 10.6 Å². The number of hydrogen-bond acceptors (Lipinski definition) is 4. The second-order valence-electron chi connectivity index (χ2n) is 6.26. The molecule has 5 amide bonds. The van der Waals surface area contributed by atoms with E-state index in [0.717, 1.165) is 21.5 Å². The third-order valence-corrected chi connectivity index (χ3v) is 4.58. The SMILES string of the molecule is O=C1CC[C@H](N2C(=O)N[C@@H](Cc3cc4ccccc4[nH]3)C2=O)C(=O)N1. The lowest BCUT2D eigenvalue weighted by molar-refractivity contribution is -0.142. The van der Waals surface area contributed by atoms with Crippen molar-refractivity contribution in [3.8, 4) is 0 Å². The van der Waals surface area contributed by atoms with Gasteiger partial charge in [0.25, 0.3) is 5.91 Å². The molecule has 3 heterocycles. The van der Waals surface area contributed by atoms with Crippen LogP contribution in [0.2, 0.25) is 0 Å². The van der Waals surface area contributed by atoms with Crippen LogP contribution in [0.3, 0.4) is 0 Å². The Morgan fingerprint density at radius 1 is 1.12 bits per heavy atom. The summed E-state index contributed by atoms with van der Waals surface area (Å²) in [5.41, 5.74) is 1.78. The van der Waals surface area contributed by atoms with Gasteiger partial charge in [-0.3, -0.25) is 19.7 Å². The van der Waals surface area contributed by atoms with Crippen LogP contribution in [0.15, 0.2) is 30.3 Å². The van der Waals surface area contributed by atoms with Crippen molar-refractivity contribution in [2.75, 3.05) is 0 Å².